The highest BCUT2D eigenvalue weighted by atomic mass is 32.2. The number of methoxy groups -OCH3 is 1. The molecule has 1 saturated carbocycles. The van der Waals surface area contributed by atoms with Gasteiger partial charge < -0.3 is 10.1 Å². The molecule has 2 N–H and O–H groups in total. The maximum Gasteiger partial charge on any atom is 0.261 e. The first-order valence-corrected chi connectivity index (χ1v) is 9.37. The standard InChI is InChI=1S/C15H23NO.CH4O3S/c1-12-5-6-13(11-16-15-7-8-15)10-14(12)4-3-9-17-2;1-5(2,3)4/h5-6,10,15-16H,3-4,7-9,11H2,1-2H3;1H3,(H,2,3,4). The van der Waals surface area contributed by atoms with Crippen LogP contribution in [0.1, 0.15) is 36.0 Å². The molecule has 0 aromatic heterocycles. The van der Waals surface area contributed by atoms with Gasteiger partial charge in [-0.1, -0.05) is 18.2 Å². The minimum atomic E-state index is -3.67. The van der Waals surface area contributed by atoms with Crippen molar-refractivity contribution in [2.24, 2.45) is 0 Å². The fourth-order valence-corrected chi connectivity index (χ4v) is 2.06. The lowest BCUT2D eigenvalue weighted by Crippen LogP contribution is -2.15. The van der Waals surface area contributed by atoms with Crippen LogP contribution in [0.3, 0.4) is 0 Å². The van der Waals surface area contributed by atoms with Crippen molar-refractivity contribution in [3.8, 4) is 0 Å². The summed E-state index contributed by atoms with van der Waals surface area (Å²) < 4.78 is 31.0. The molecule has 22 heavy (non-hydrogen) atoms. The average molecular weight is 329 g/mol. The van der Waals surface area contributed by atoms with Crippen LogP contribution in [0.2, 0.25) is 0 Å². The highest BCUT2D eigenvalue weighted by molar-refractivity contribution is 7.85. The van der Waals surface area contributed by atoms with E-state index < -0.39 is 10.1 Å². The Morgan fingerprint density at radius 1 is 1.36 bits per heavy atom. The van der Waals surface area contributed by atoms with E-state index in [0.29, 0.717) is 6.26 Å². The van der Waals surface area contributed by atoms with E-state index in [1.807, 2.05) is 0 Å². The number of hydrogen-bond donors (Lipinski definition) is 2. The van der Waals surface area contributed by atoms with Crippen LogP contribution in [0, 0.1) is 6.92 Å². The predicted molar refractivity (Wildman–Crippen MR) is 88.7 cm³/mol. The second kappa shape index (κ2) is 9.25. The van der Waals surface area contributed by atoms with E-state index >= 15 is 0 Å². The first-order chi connectivity index (χ1) is 10.3. The van der Waals surface area contributed by atoms with E-state index in [1.54, 1.807) is 7.11 Å². The zero-order chi connectivity index (χ0) is 16.6. The molecule has 0 amide bonds. The van der Waals surface area contributed by atoms with E-state index in [-0.39, 0.29) is 0 Å². The number of hydrogen-bond acceptors (Lipinski definition) is 4. The molecule has 0 atom stereocenters. The van der Waals surface area contributed by atoms with Crippen molar-refractivity contribution in [3.05, 3.63) is 34.9 Å². The van der Waals surface area contributed by atoms with E-state index in [1.165, 1.54) is 29.5 Å². The monoisotopic (exact) mass is 329 g/mol. The highest BCUT2D eigenvalue weighted by Gasteiger charge is 2.19. The number of rotatable bonds is 7. The number of nitrogens with one attached hydrogen (secondary N) is 1. The summed E-state index contributed by atoms with van der Waals surface area (Å²) in [6.45, 7) is 4.06. The lowest BCUT2D eigenvalue weighted by molar-refractivity contribution is 0.195. The van der Waals surface area contributed by atoms with Gasteiger partial charge in [-0.05, 0) is 49.3 Å². The van der Waals surface area contributed by atoms with Gasteiger partial charge in [0.1, 0.15) is 0 Å². The molecule has 2 rings (SSSR count). The topological polar surface area (TPSA) is 75.6 Å². The van der Waals surface area contributed by atoms with E-state index in [2.05, 4.69) is 30.4 Å². The van der Waals surface area contributed by atoms with Crippen molar-refractivity contribution >= 4 is 10.1 Å². The number of benzene rings is 1. The lowest BCUT2D eigenvalue weighted by Gasteiger charge is -2.09. The molecular weight excluding hydrogens is 302 g/mol. The van der Waals surface area contributed by atoms with Crippen LogP contribution in [0.4, 0.5) is 0 Å². The van der Waals surface area contributed by atoms with Gasteiger partial charge in [-0.3, -0.25) is 4.55 Å². The summed E-state index contributed by atoms with van der Waals surface area (Å²) in [5.41, 5.74) is 4.28. The predicted octanol–water partition coefficient (Wildman–Crippen LogP) is 2.33. The molecule has 0 aliphatic heterocycles. The Kier molecular flexibility index (Phi) is 8.03. The molecule has 1 aliphatic rings. The Hall–Kier alpha value is -0.950. The van der Waals surface area contributed by atoms with Gasteiger partial charge in [-0.15, -0.1) is 0 Å². The molecule has 126 valence electrons. The summed E-state index contributed by atoms with van der Waals surface area (Å²) in [6, 6.07) is 7.62. The zero-order valence-corrected chi connectivity index (χ0v) is 14.4. The smallest absolute Gasteiger partial charge is 0.261 e. The van der Waals surface area contributed by atoms with E-state index in [9.17, 15) is 8.42 Å². The molecule has 0 unspecified atom stereocenters. The number of aryl methyl sites for hydroxylation is 2. The third kappa shape index (κ3) is 9.89. The lowest BCUT2D eigenvalue weighted by atomic mass is 10.0. The molecule has 6 heteroatoms. The summed E-state index contributed by atoms with van der Waals surface area (Å²) in [7, 11) is -1.90. The molecule has 5 nitrogen and oxygen atoms in total. The fourth-order valence-electron chi connectivity index (χ4n) is 2.06. The Balaban J connectivity index is 0.000000422. The molecule has 0 radical (unpaired) electrons. The van der Waals surface area contributed by atoms with Gasteiger partial charge in [-0.2, -0.15) is 8.42 Å². The van der Waals surface area contributed by atoms with Gasteiger partial charge in [0.15, 0.2) is 0 Å². The number of ether oxygens (including phenoxy) is 1. The molecule has 1 aromatic rings. The van der Waals surface area contributed by atoms with Crippen molar-refractivity contribution in [1.29, 1.82) is 0 Å². The van der Waals surface area contributed by atoms with Crippen LogP contribution in [0.25, 0.3) is 0 Å². The third-order valence-electron chi connectivity index (χ3n) is 3.38. The molecule has 0 bridgehead atoms. The van der Waals surface area contributed by atoms with Gasteiger partial charge in [0.25, 0.3) is 10.1 Å². The van der Waals surface area contributed by atoms with Gasteiger partial charge in [0, 0.05) is 26.3 Å². The van der Waals surface area contributed by atoms with Crippen LogP contribution in [0.5, 0.6) is 0 Å². The zero-order valence-electron chi connectivity index (χ0n) is 13.6. The van der Waals surface area contributed by atoms with Crippen LogP contribution in [0.15, 0.2) is 18.2 Å². The first-order valence-electron chi connectivity index (χ1n) is 7.52. The molecule has 0 saturated heterocycles. The van der Waals surface area contributed by atoms with Crippen molar-refractivity contribution in [3.63, 3.8) is 0 Å². The molecule has 0 spiro atoms. The largest absolute Gasteiger partial charge is 0.385 e. The molecule has 1 fully saturated rings. The normalized spacial score (nSPS) is 14.4. The van der Waals surface area contributed by atoms with E-state index in [0.717, 1.165) is 32.0 Å². The van der Waals surface area contributed by atoms with Gasteiger partial charge in [0.2, 0.25) is 0 Å². The quantitative estimate of drug-likeness (QED) is 0.593. The minimum absolute atomic E-state index is 0.715. The SMILES string of the molecule is COCCCc1cc(CNC2CC2)ccc1C.CS(=O)(=O)O. The van der Waals surface area contributed by atoms with Gasteiger partial charge in [-0.25, -0.2) is 0 Å². The third-order valence-corrected chi connectivity index (χ3v) is 3.38. The fraction of sp³-hybridized carbons (Fsp3) is 0.625. The Morgan fingerprint density at radius 2 is 2.00 bits per heavy atom. The summed E-state index contributed by atoms with van der Waals surface area (Å²) in [4.78, 5) is 0. The molecular formula is C16H27NO4S. The molecule has 1 aromatic carbocycles. The summed E-state index contributed by atoms with van der Waals surface area (Å²) >= 11 is 0. The maximum atomic E-state index is 9.19. The Morgan fingerprint density at radius 3 is 2.55 bits per heavy atom. The van der Waals surface area contributed by atoms with Crippen molar-refractivity contribution in [1.82, 2.24) is 5.32 Å². The first kappa shape index (κ1) is 19.1. The van der Waals surface area contributed by atoms with Crippen LogP contribution >= 0.6 is 0 Å². The summed E-state index contributed by atoms with van der Waals surface area (Å²) in [5, 5.41) is 3.56. The second-order valence-corrected chi connectivity index (χ2v) is 7.21. The second-order valence-electron chi connectivity index (χ2n) is 5.75. The van der Waals surface area contributed by atoms with Crippen LogP contribution in [-0.2, 0) is 27.8 Å². The highest BCUT2D eigenvalue weighted by Crippen LogP contribution is 2.20. The van der Waals surface area contributed by atoms with Crippen LogP contribution < -0.4 is 5.32 Å². The van der Waals surface area contributed by atoms with Crippen LogP contribution in [-0.4, -0.2) is 39.0 Å². The van der Waals surface area contributed by atoms with Gasteiger partial charge in [0.05, 0.1) is 6.26 Å². The van der Waals surface area contributed by atoms with Crippen molar-refractivity contribution in [2.75, 3.05) is 20.0 Å². The summed E-state index contributed by atoms with van der Waals surface area (Å²) in [5.74, 6) is 0. The average Bonchev–Trinajstić information content (AvgIpc) is 3.22. The van der Waals surface area contributed by atoms with Crippen molar-refractivity contribution < 1.29 is 17.7 Å². The van der Waals surface area contributed by atoms with Gasteiger partial charge >= 0.3 is 0 Å². The maximum absolute atomic E-state index is 9.19. The van der Waals surface area contributed by atoms with E-state index in [4.69, 9.17) is 9.29 Å². The summed E-state index contributed by atoms with van der Waals surface area (Å²) in [6.07, 6.45) is 5.65. The van der Waals surface area contributed by atoms with Crippen molar-refractivity contribution in [2.45, 2.75) is 45.2 Å². The molecule has 0 heterocycles. The Bertz CT molecular complexity index is 545. The Labute approximate surface area is 133 Å². The molecule has 1 aliphatic carbocycles. The minimum Gasteiger partial charge on any atom is -0.385 e.